The second-order valence-electron chi connectivity index (χ2n) is 15.8. The molecule has 1 N–H and O–H groups in total. The number of hydrogen-bond donors (Lipinski definition) is 1. The Labute approximate surface area is 331 Å². The zero-order valence-corrected chi connectivity index (χ0v) is 32.6. The van der Waals surface area contributed by atoms with Crippen LogP contribution in [0.25, 0.3) is 11.1 Å². The first kappa shape index (κ1) is 38.0. The number of halogens is 1. The highest BCUT2D eigenvalue weighted by Gasteiger charge is 2.46. The summed E-state index contributed by atoms with van der Waals surface area (Å²) in [4.78, 5) is 58.1. The van der Waals surface area contributed by atoms with Gasteiger partial charge in [-0.3, -0.25) is 34.3 Å². The average molecular weight is 772 g/mol. The minimum absolute atomic E-state index is 0.0191. The molecule has 4 heterocycles. The summed E-state index contributed by atoms with van der Waals surface area (Å²) in [6, 6.07) is 18.9. The van der Waals surface area contributed by atoms with Crippen LogP contribution in [-0.4, -0.2) is 83.9 Å². The van der Waals surface area contributed by atoms with E-state index in [0.717, 1.165) is 114 Å². The number of carbonyl (C=O) groups excluding carboxylic acids is 4. The van der Waals surface area contributed by atoms with Gasteiger partial charge in [-0.2, -0.15) is 5.26 Å². The second-order valence-corrected chi connectivity index (χ2v) is 15.8. The largest absolute Gasteiger partial charge is 0.367 e. The van der Waals surface area contributed by atoms with Gasteiger partial charge in [0, 0.05) is 56.1 Å². The van der Waals surface area contributed by atoms with Crippen molar-refractivity contribution in [3.63, 3.8) is 0 Å². The highest BCUT2D eigenvalue weighted by atomic mass is 19.1. The standard InChI is InChI=1S/C44H46FN7O5/c1-27-7-8-30(40-28(2)48-57-29(40)3)23-37(27)51(32-11-9-31(10-12-32)44(26-46)15-16-44)18-6-4-5-17-49-19-21-50(22-20-49)38-25-34-33(24-35(38)45)42(55)52(43(34)56)36-13-14-39(53)47-41(36)54/h7-12,23-25,36H,4-6,13-22H2,1-3H3,(H,47,53,54). The molecule has 1 aromatic heterocycles. The third-order valence-corrected chi connectivity index (χ3v) is 12.1. The zero-order valence-electron chi connectivity index (χ0n) is 32.6. The van der Waals surface area contributed by atoms with Crippen molar-refractivity contribution in [2.45, 2.75) is 77.2 Å². The normalized spacial score (nSPS) is 19.1. The van der Waals surface area contributed by atoms with Crippen LogP contribution >= 0.6 is 0 Å². The van der Waals surface area contributed by atoms with Crippen LogP contribution in [0.1, 0.15) is 88.2 Å². The van der Waals surface area contributed by atoms with Crippen molar-refractivity contribution in [3.05, 3.63) is 94.1 Å². The maximum absolute atomic E-state index is 15.5. The van der Waals surface area contributed by atoms with Crippen molar-refractivity contribution in [1.82, 2.24) is 20.3 Å². The molecule has 13 heteroatoms. The molecule has 0 bridgehead atoms. The molecule has 4 aliphatic rings. The van der Waals surface area contributed by atoms with Crippen LogP contribution in [0.15, 0.2) is 59.1 Å². The van der Waals surface area contributed by atoms with Crippen molar-refractivity contribution in [2.75, 3.05) is 49.1 Å². The minimum atomic E-state index is -1.10. The van der Waals surface area contributed by atoms with Crippen LogP contribution in [0.2, 0.25) is 0 Å². The van der Waals surface area contributed by atoms with E-state index in [9.17, 15) is 24.4 Å². The number of piperazine rings is 1. The molecule has 294 valence electrons. The van der Waals surface area contributed by atoms with Crippen LogP contribution < -0.4 is 15.1 Å². The number of carbonyl (C=O) groups is 4. The van der Waals surface area contributed by atoms with Crippen molar-refractivity contribution < 1.29 is 28.1 Å². The Kier molecular flexibility index (Phi) is 10.2. The summed E-state index contributed by atoms with van der Waals surface area (Å²) in [5, 5.41) is 16.1. The van der Waals surface area contributed by atoms with Crippen LogP contribution in [-0.2, 0) is 15.0 Å². The predicted molar refractivity (Wildman–Crippen MR) is 212 cm³/mol. The SMILES string of the molecule is Cc1ccc(-c2c(C)noc2C)cc1N(CCCCCN1CCN(c2cc3c(cc2F)C(=O)N(C2CCC(=O)NC2=O)C3=O)CC1)c1ccc(C2(C#N)CC2)cc1. The van der Waals surface area contributed by atoms with E-state index < -0.39 is 35.5 Å². The van der Waals surface area contributed by atoms with E-state index in [1.807, 2.05) is 18.7 Å². The number of fused-ring (bicyclic) bond motifs is 1. The van der Waals surface area contributed by atoms with Crippen LogP contribution in [0.4, 0.5) is 21.5 Å². The second kappa shape index (κ2) is 15.2. The number of rotatable bonds is 12. The highest BCUT2D eigenvalue weighted by Crippen LogP contribution is 2.48. The summed E-state index contributed by atoms with van der Waals surface area (Å²) in [7, 11) is 0. The van der Waals surface area contributed by atoms with Gasteiger partial charge in [0.15, 0.2) is 0 Å². The van der Waals surface area contributed by atoms with Crippen molar-refractivity contribution in [3.8, 4) is 17.2 Å². The molecule has 1 unspecified atom stereocenters. The first-order valence-electron chi connectivity index (χ1n) is 19.8. The Balaban J connectivity index is 0.888. The first-order chi connectivity index (χ1) is 27.5. The number of aryl methyl sites for hydroxylation is 3. The number of aromatic nitrogens is 1. The molecule has 3 aromatic carbocycles. The molecule has 12 nitrogen and oxygen atoms in total. The van der Waals surface area contributed by atoms with Crippen LogP contribution in [0, 0.1) is 37.9 Å². The lowest BCUT2D eigenvalue weighted by molar-refractivity contribution is -0.136. The number of nitriles is 1. The smallest absolute Gasteiger partial charge is 0.262 e. The molecule has 1 atom stereocenters. The van der Waals surface area contributed by atoms with E-state index in [-0.39, 0.29) is 35.1 Å². The molecule has 3 fully saturated rings. The number of piperidine rings is 1. The number of amides is 4. The summed E-state index contributed by atoms with van der Waals surface area (Å²) in [5.41, 5.74) is 7.29. The van der Waals surface area contributed by atoms with Crippen LogP contribution in [0.3, 0.4) is 0 Å². The van der Waals surface area contributed by atoms with Gasteiger partial charge in [-0.1, -0.05) is 35.8 Å². The third-order valence-electron chi connectivity index (χ3n) is 12.1. The summed E-state index contributed by atoms with van der Waals surface area (Å²) in [6.45, 7) is 10.3. The highest BCUT2D eigenvalue weighted by molar-refractivity contribution is 6.23. The first-order valence-corrected chi connectivity index (χ1v) is 19.8. The van der Waals surface area contributed by atoms with Gasteiger partial charge < -0.3 is 14.3 Å². The zero-order chi connectivity index (χ0) is 40.0. The number of benzene rings is 3. The molecule has 57 heavy (non-hydrogen) atoms. The molecular formula is C44H46FN7O5. The molecule has 1 aliphatic carbocycles. The monoisotopic (exact) mass is 771 g/mol. The quantitative estimate of drug-likeness (QED) is 0.125. The lowest BCUT2D eigenvalue weighted by Crippen LogP contribution is -2.54. The molecule has 0 radical (unpaired) electrons. The van der Waals surface area contributed by atoms with E-state index in [4.69, 9.17) is 4.52 Å². The Bertz CT molecular complexity index is 2280. The molecule has 2 saturated heterocycles. The Hall–Kier alpha value is -5.87. The maximum atomic E-state index is 15.5. The number of imide groups is 2. The lowest BCUT2D eigenvalue weighted by Gasteiger charge is -2.36. The van der Waals surface area contributed by atoms with Gasteiger partial charge in [-0.05, 0) is 106 Å². The predicted octanol–water partition coefficient (Wildman–Crippen LogP) is 6.49. The Morgan fingerprint density at radius 2 is 1.65 bits per heavy atom. The third kappa shape index (κ3) is 7.19. The Morgan fingerprint density at radius 3 is 2.30 bits per heavy atom. The summed E-state index contributed by atoms with van der Waals surface area (Å²) < 4.78 is 21.0. The molecule has 1 saturated carbocycles. The van der Waals surface area contributed by atoms with Gasteiger partial charge in [0.25, 0.3) is 11.8 Å². The van der Waals surface area contributed by atoms with Gasteiger partial charge >= 0.3 is 0 Å². The fourth-order valence-corrected chi connectivity index (χ4v) is 8.61. The summed E-state index contributed by atoms with van der Waals surface area (Å²) in [5.74, 6) is -2.31. The number of anilines is 3. The number of nitrogens with one attached hydrogen (secondary N) is 1. The molecule has 3 aliphatic heterocycles. The van der Waals surface area contributed by atoms with Crippen molar-refractivity contribution in [1.29, 1.82) is 5.26 Å². The summed E-state index contributed by atoms with van der Waals surface area (Å²) in [6.07, 6.45) is 4.83. The van der Waals surface area contributed by atoms with E-state index in [0.29, 0.717) is 13.1 Å². The average Bonchev–Trinajstić information content (AvgIpc) is 3.89. The van der Waals surface area contributed by atoms with Gasteiger partial charge in [-0.25, -0.2) is 4.39 Å². The molecule has 0 spiro atoms. The lowest BCUT2D eigenvalue weighted by atomic mass is 9.97. The van der Waals surface area contributed by atoms with Crippen molar-refractivity contribution >= 4 is 40.7 Å². The molecule has 4 amide bonds. The van der Waals surface area contributed by atoms with Gasteiger partial charge in [0.05, 0.1) is 34.0 Å². The van der Waals surface area contributed by atoms with Crippen LogP contribution in [0.5, 0.6) is 0 Å². The number of hydrogen-bond acceptors (Lipinski definition) is 10. The molecular weight excluding hydrogens is 726 g/mol. The van der Waals surface area contributed by atoms with Crippen molar-refractivity contribution in [2.24, 2.45) is 0 Å². The van der Waals surface area contributed by atoms with E-state index in [2.05, 4.69) is 75.7 Å². The van der Waals surface area contributed by atoms with Gasteiger partial charge in [-0.15, -0.1) is 0 Å². The topological polar surface area (TPSA) is 143 Å². The summed E-state index contributed by atoms with van der Waals surface area (Å²) >= 11 is 0. The number of nitrogens with zero attached hydrogens (tertiary/aromatic N) is 6. The van der Waals surface area contributed by atoms with E-state index in [1.54, 1.807) is 0 Å². The van der Waals surface area contributed by atoms with E-state index in [1.165, 1.54) is 6.07 Å². The van der Waals surface area contributed by atoms with Gasteiger partial charge in [0.2, 0.25) is 11.8 Å². The minimum Gasteiger partial charge on any atom is -0.367 e. The molecule has 8 rings (SSSR count). The fraction of sp³-hybridized carbons (Fsp3) is 0.409. The maximum Gasteiger partial charge on any atom is 0.262 e. The van der Waals surface area contributed by atoms with Gasteiger partial charge in [0.1, 0.15) is 17.6 Å². The fourth-order valence-electron chi connectivity index (χ4n) is 8.61. The number of unbranched alkanes of at least 4 members (excludes halogenated alkanes) is 2. The van der Waals surface area contributed by atoms with E-state index >= 15 is 4.39 Å². The Morgan fingerprint density at radius 1 is 0.930 bits per heavy atom. The molecule has 4 aromatic rings.